The smallest absolute Gasteiger partial charge is 0.246 e. The molecule has 0 aliphatic carbocycles. The summed E-state index contributed by atoms with van der Waals surface area (Å²) in [4.78, 5) is 50.3. The van der Waals surface area contributed by atoms with Gasteiger partial charge < -0.3 is 36.4 Å². The number of carbonyl (C=O) groups is 3. The number of carbonyl (C=O) groups excluding carboxylic acids is 3. The number of thiazole rings is 1. The third-order valence-corrected chi connectivity index (χ3v) is 11.4. The van der Waals surface area contributed by atoms with E-state index in [0.717, 1.165) is 40.2 Å². The van der Waals surface area contributed by atoms with Crippen LogP contribution >= 0.6 is 11.3 Å². The molecule has 14 heteroatoms. The molecule has 2 aliphatic heterocycles. The first-order valence-electron chi connectivity index (χ1n) is 18.4. The zero-order chi connectivity index (χ0) is 38.7. The molecule has 2 saturated heterocycles. The topological polar surface area (TPSA) is 187 Å². The maximum absolute atomic E-state index is 14.2. The largest absolute Gasteiger partial charge is 0.507 e. The van der Waals surface area contributed by atoms with Gasteiger partial charge in [-0.1, -0.05) is 64.6 Å². The monoisotopic (exact) mass is 770 g/mol. The van der Waals surface area contributed by atoms with Crippen molar-refractivity contribution in [3.05, 3.63) is 71.4 Å². The van der Waals surface area contributed by atoms with Gasteiger partial charge in [-0.05, 0) is 67.3 Å². The zero-order valence-electron chi connectivity index (χ0n) is 31.5. The maximum Gasteiger partial charge on any atom is 0.246 e. The van der Waals surface area contributed by atoms with E-state index in [-0.39, 0.29) is 62.2 Å². The first kappa shape index (κ1) is 41.1. The number of amides is 3. The highest BCUT2D eigenvalue weighted by molar-refractivity contribution is 7.13. The maximum atomic E-state index is 14.2. The first-order chi connectivity index (χ1) is 25.7. The number of piperidine rings is 1. The fraction of sp³-hybridized carbons (Fsp3) is 0.463. The Kier molecular flexibility index (Phi) is 12.8. The number of nitrogens with zero attached hydrogens (tertiary/aromatic N) is 5. The number of phenolic OH excluding ortho intramolecular Hbond substituents is 1. The van der Waals surface area contributed by atoms with Crippen LogP contribution in [-0.4, -0.2) is 85.8 Å². The Hall–Kier alpha value is -5.08. The van der Waals surface area contributed by atoms with Crippen molar-refractivity contribution in [3.8, 4) is 27.4 Å². The molecular formula is C41H54N8O5S. The minimum atomic E-state index is -0.902. The number of hydrogen-bond acceptors (Lipinski definition) is 11. The SMILES string of the molecule is C.Cc1ncsc1-c1ccc([C@H](C)NC(=O)[C@@H]2C[C@@H](O)CN2C(=O)[C@@H](NC(=O)CC2CCN(c3cc(-c4ccccc4O)nnc3N)CC2)C(C)(C)C)cc1. The molecule has 0 spiro atoms. The number of aliphatic hydroxyl groups excluding tert-OH is 1. The number of nitrogens with two attached hydrogens (primary N) is 1. The number of nitrogens with one attached hydrogen (secondary N) is 2. The lowest BCUT2D eigenvalue weighted by molar-refractivity contribution is -0.144. The summed E-state index contributed by atoms with van der Waals surface area (Å²) in [6, 6.07) is 14.6. The fourth-order valence-corrected chi connectivity index (χ4v) is 8.15. The van der Waals surface area contributed by atoms with Crippen LogP contribution in [0.4, 0.5) is 11.5 Å². The van der Waals surface area contributed by atoms with Gasteiger partial charge >= 0.3 is 0 Å². The average Bonchev–Trinajstić information content (AvgIpc) is 3.76. The van der Waals surface area contributed by atoms with Gasteiger partial charge in [-0.15, -0.1) is 21.5 Å². The molecule has 4 atom stereocenters. The third kappa shape index (κ3) is 9.42. The molecule has 6 rings (SSSR count). The molecule has 2 fully saturated rings. The van der Waals surface area contributed by atoms with E-state index in [1.165, 1.54) is 4.90 Å². The Bertz CT molecular complexity index is 1970. The zero-order valence-corrected chi connectivity index (χ0v) is 32.3. The van der Waals surface area contributed by atoms with Crippen molar-refractivity contribution in [2.24, 2.45) is 11.3 Å². The number of β-amino-alcohol motifs (C(OH)–C–C–N with tert-alkyl or cyclic N) is 1. The Morgan fingerprint density at radius 2 is 1.73 bits per heavy atom. The summed E-state index contributed by atoms with van der Waals surface area (Å²) in [6.07, 6.45) is 0.945. The lowest BCUT2D eigenvalue weighted by atomic mass is 9.85. The summed E-state index contributed by atoms with van der Waals surface area (Å²) in [7, 11) is 0. The van der Waals surface area contributed by atoms with Gasteiger partial charge in [0.25, 0.3) is 0 Å². The molecule has 0 saturated carbocycles. The average molecular weight is 771 g/mol. The summed E-state index contributed by atoms with van der Waals surface area (Å²) in [5.41, 5.74) is 12.1. The van der Waals surface area contributed by atoms with Crippen LogP contribution in [0.2, 0.25) is 0 Å². The molecule has 0 radical (unpaired) electrons. The van der Waals surface area contributed by atoms with E-state index < -0.39 is 23.6 Å². The van der Waals surface area contributed by atoms with Crippen molar-refractivity contribution in [3.63, 3.8) is 0 Å². The number of aromatic hydroxyl groups is 1. The molecular weight excluding hydrogens is 717 g/mol. The van der Waals surface area contributed by atoms with Crippen LogP contribution in [-0.2, 0) is 14.4 Å². The molecule has 55 heavy (non-hydrogen) atoms. The molecule has 3 amide bonds. The van der Waals surface area contributed by atoms with E-state index >= 15 is 0 Å². The molecule has 2 aromatic carbocycles. The number of anilines is 2. The summed E-state index contributed by atoms with van der Waals surface area (Å²) in [5, 5.41) is 35.3. The van der Waals surface area contributed by atoms with Crippen LogP contribution in [0.3, 0.4) is 0 Å². The van der Waals surface area contributed by atoms with Crippen LogP contribution in [0.1, 0.15) is 78.1 Å². The van der Waals surface area contributed by atoms with Gasteiger partial charge in [-0.2, -0.15) is 0 Å². The minimum absolute atomic E-state index is 0. The number of likely N-dealkylation sites (tertiary alicyclic amines) is 1. The second kappa shape index (κ2) is 17.2. The van der Waals surface area contributed by atoms with Gasteiger partial charge in [-0.3, -0.25) is 14.4 Å². The van der Waals surface area contributed by atoms with Crippen molar-refractivity contribution >= 4 is 40.6 Å². The third-order valence-electron chi connectivity index (χ3n) is 10.5. The van der Waals surface area contributed by atoms with E-state index in [0.29, 0.717) is 30.2 Å². The number of rotatable bonds is 10. The molecule has 4 heterocycles. The molecule has 2 aromatic heterocycles. The number of phenols is 1. The molecule has 13 nitrogen and oxygen atoms in total. The number of nitrogen functional groups attached to an aromatic ring is 1. The Labute approximate surface area is 327 Å². The van der Waals surface area contributed by atoms with Crippen molar-refractivity contribution in [2.75, 3.05) is 30.3 Å². The number of hydrogen-bond donors (Lipinski definition) is 5. The quantitative estimate of drug-likeness (QED) is 0.138. The number of para-hydroxylation sites is 1. The molecule has 4 aromatic rings. The van der Waals surface area contributed by atoms with E-state index in [1.54, 1.807) is 29.5 Å². The van der Waals surface area contributed by atoms with Crippen molar-refractivity contribution in [1.82, 2.24) is 30.7 Å². The number of aliphatic hydroxyl groups is 1. The number of aryl methyl sites for hydroxylation is 1. The lowest BCUT2D eigenvalue weighted by Crippen LogP contribution is -2.58. The van der Waals surface area contributed by atoms with Gasteiger partial charge in [0.05, 0.1) is 39.6 Å². The van der Waals surface area contributed by atoms with Crippen LogP contribution in [0, 0.1) is 18.3 Å². The second-order valence-corrected chi connectivity index (χ2v) is 16.4. The predicted octanol–water partition coefficient (Wildman–Crippen LogP) is 5.48. The van der Waals surface area contributed by atoms with Crippen molar-refractivity contribution in [2.45, 2.75) is 92.0 Å². The highest BCUT2D eigenvalue weighted by Gasteiger charge is 2.45. The first-order valence-corrected chi connectivity index (χ1v) is 19.3. The fourth-order valence-electron chi connectivity index (χ4n) is 7.34. The molecule has 2 aliphatic rings. The standard InChI is InChI=1S/C40H50N8O5S.CH4/c1-23(26-10-12-27(13-11-26)35-24(2)42-22-54-35)43-38(52)32-19-28(49)21-48(32)39(53)36(40(3,4)5)44-34(51)18-25-14-16-47(17-15-25)31-20-30(45-46-37(31)41)29-8-6-7-9-33(29)50;/h6-13,20,22-23,25,28,32,36,49-50H,14-19,21H2,1-5H3,(H2,41,46)(H,43,52)(H,44,51);1H4/t23-,28+,32-,36+;/m0./s1. The van der Waals surface area contributed by atoms with Crippen molar-refractivity contribution < 1.29 is 24.6 Å². The van der Waals surface area contributed by atoms with Crippen LogP contribution in [0.5, 0.6) is 5.75 Å². The van der Waals surface area contributed by atoms with E-state index in [4.69, 9.17) is 5.73 Å². The molecule has 6 N–H and O–H groups in total. The van der Waals surface area contributed by atoms with E-state index in [9.17, 15) is 24.6 Å². The normalized spacial score (nSPS) is 18.7. The number of benzene rings is 2. The lowest BCUT2D eigenvalue weighted by Gasteiger charge is -2.36. The van der Waals surface area contributed by atoms with Gasteiger partial charge in [0.1, 0.15) is 17.8 Å². The summed E-state index contributed by atoms with van der Waals surface area (Å²) < 4.78 is 0. The van der Waals surface area contributed by atoms with Crippen LogP contribution in [0.15, 0.2) is 60.1 Å². The summed E-state index contributed by atoms with van der Waals surface area (Å²) >= 11 is 1.58. The Balaban J connectivity index is 0.00000580. The van der Waals surface area contributed by atoms with Gasteiger partial charge in [0, 0.05) is 38.0 Å². The van der Waals surface area contributed by atoms with Crippen LogP contribution < -0.4 is 21.3 Å². The van der Waals surface area contributed by atoms with E-state index in [1.807, 2.05) is 76.5 Å². The summed E-state index contributed by atoms with van der Waals surface area (Å²) in [5.74, 6) is -0.492. The van der Waals surface area contributed by atoms with Crippen molar-refractivity contribution in [1.29, 1.82) is 0 Å². The number of aromatic nitrogens is 3. The van der Waals surface area contributed by atoms with E-state index in [2.05, 4.69) is 30.7 Å². The molecule has 0 bridgehead atoms. The van der Waals surface area contributed by atoms with Gasteiger partial charge in [0.15, 0.2) is 5.82 Å². The Morgan fingerprint density at radius 3 is 2.36 bits per heavy atom. The van der Waals surface area contributed by atoms with Crippen LogP contribution in [0.25, 0.3) is 21.7 Å². The van der Waals surface area contributed by atoms with Gasteiger partial charge in [-0.25, -0.2) is 4.98 Å². The molecule has 0 unspecified atom stereocenters. The highest BCUT2D eigenvalue weighted by atomic mass is 32.1. The highest BCUT2D eigenvalue weighted by Crippen LogP contribution is 2.34. The summed E-state index contributed by atoms with van der Waals surface area (Å²) in [6.45, 7) is 10.8. The minimum Gasteiger partial charge on any atom is -0.507 e. The second-order valence-electron chi connectivity index (χ2n) is 15.5. The Morgan fingerprint density at radius 1 is 1.04 bits per heavy atom. The molecule has 294 valence electrons. The van der Waals surface area contributed by atoms with Gasteiger partial charge in [0.2, 0.25) is 17.7 Å². The predicted molar refractivity (Wildman–Crippen MR) is 216 cm³/mol.